The van der Waals surface area contributed by atoms with Crippen LogP contribution < -0.4 is 4.74 Å². The van der Waals surface area contributed by atoms with Crippen molar-refractivity contribution < 1.29 is 19.2 Å². The quantitative estimate of drug-likeness (QED) is 0.441. The smallest absolute Gasteiger partial charge is 0.320 e. The van der Waals surface area contributed by atoms with Crippen LogP contribution in [0.1, 0.15) is 12.1 Å². The number of nitrogens with zero attached hydrogens (tertiary/aromatic N) is 4. The minimum absolute atomic E-state index is 0.163. The highest BCUT2D eigenvalue weighted by atomic mass is 16.7. The Labute approximate surface area is 162 Å². The zero-order chi connectivity index (χ0) is 19.9. The Bertz CT molecular complexity index is 939. The van der Waals surface area contributed by atoms with E-state index in [1.165, 1.54) is 7.05 Å². The Balaban J connectivity index is 1.89. The average molecular weight is 380 g/mol. The summed E-state index contributed by atoms with van der Waals surface area (Å²) in [7, 11) is 3.01. The van der Waals surface area contributed by atoms with Crippen LogP contribution in [0.15, 0.2) is 54.9 Å². The monoisotopic (exact) mass is 380 g/mol. The number of aromatic nitrogens is 3. The van der Waals surface area contributed by atoms with Gasteiger partial charge in [0.15, 0.2) is 0 Å². The maximum absolute atomic E-state index is 12.0. The molecule has 8 nitrogen and oxygen atoms in total. The lowest BCUT2D eigenvalue weighted by Crippen LogP contribution is -2.26. The second kappa shape index (κ2) is 8.81. The molecule has 0 N–H and O–H groups in total. The number of methoxy groups -OCH3 is 1. The minimum atomic E-state index is -0.311. The number of hydroxylamine groups is 2. The largest absolute Gasteiger partial charge is 0.497 e. The summed E-state index contributed by atoms with van der Waals surface area (Å²) in [5, 5.41) is 5.57. The molecule has 0 saturated carbocycles. The summed E-state index contributed by atoms with van der Waals surface area (Å²) in [4.78, 5) is 31.1. The summed E-state index contributed by atoms with van der Waals surface area (Å²) in [5.41, 5.74) is 3.36. The maximum atomic E-state index is 12.0. The summed E-state index contributed by atoms with van der Waals surface area (Å²) in [5.74, 6) is 0.442. The average Bonchev–Trinajstić information content (AvgIpc) is 3.17. The number of hydrogen-bond donors (Lipinski definition) is 0. The number of ether oxygens (including phenoxy) is 1. The second-order valence-electron chi connectivity index (χ2n) is 5.97. The molecule has 0 spiro atoms. The van der Waals surface area contributed by atoms with Gasteiger partial charge in [-0.25, -0.2) is 4.68 Å². The predicted molar refractivity (Wildman–Crippen MR) is 102 cm³/mol. The lowest BCUT2D eigenvalue weighted by atomic mass is 10.1. The topological polar surface area (TPSA) is 86.5 Å². The number of benzene rings is 1. The molecule has 0 atom stereocenters. The lowest BCUT2D eigenvalue weighted by molar-refractivity contribution is -0.181. The van der Waals surface area contributed by atoms with E-state index < -0.39 is 0 Å². The van der Waals surface area contributed by atoms with Crippen molar-refractivity contribution in [1.29, 1.82) is 0 Å². The molecular formula is C20H20N4O4. The van der Waals surface area contributed by atoms with Gasteiger partial charge in [0.25, 0.3) is 5.91 Å². The third-order valence-corrected chi connectivity index (χ3v) is 4.18. The molecule has 0 fully saturated rings. The van der Waals surface area contributed by atoms with Crippen LogP contribution in [-0.2, 0) is 20.8 Å². The van der Waals surface area contributed by atoms with Crippen molar-refractivity contribution >= 4 is 12.4 Å². The van der Waals surface area contributed by atoms with Crippen LogP contribution in [0.25, 0.3) is 16.9 Å². The van der Waals surface area contributed by atoms with Crippen molar-refractivity contribution in [2.45, 2.75) is 12.8 Å². The Kier molecular flexibility index (Phi) is 6.01. The molecule has 2 aromatic heterocycles. The van der Waals surface area contributed by atoms with Crippen molar-refractivity contribution in [2.24, 2.45) is 0 Å². The van der Waals surface area contributed by atoms with Crippen LogP contribution in [0, 0.1) is 0 Å². The van der Waals surface area contributed by atoms with Gasteiger partial charge in [0.05, 0.1) is 24.2 Å². The van der Waals surface area contributed by atoms with Gasteiger partial charge >= 0.3 is 6.47 Å². The summed E-state index contributed by atoms with van der Waals surface area (Å²) in [6.45, 7) is 0.219. The van der Waals surface area contributed by atoms with E-state index in [0.717, 1.165) is 33.5 Å². The van der Waals surface area contributed by atoms with E-state index in [4.69, 9.17) is 4.74 Å². The van der Waals surface area contributed by atoms with Crippen LogP contribution in [0.2, 0.25) is 0 Å². The molecule has 0 unspecified atom stereocenters. The fourth-order valence-electron chi connectivity index (χ4n) is 2.71. The molecule has 0 aliphatic rings. The van der Waals surface area contributed by atoms with Crippen LogP contribution in [0.3, 0.4) is 0 Å². The van der Waals surface area contributed by atoms with E-state index in [9.17, 15) is 9.59 Å². The zero-order valence-electron chi connectivity index (χ0n) is 15.6. The van der Waals surface area contributed by atoms with E-state index in [0.29, 0.717) is 6.42 Å². The molecule has 0 aliphatic carbocycles. The first-order valence-electron chi connectivity index (χ1n) is 8.63. The molecule has 28 heavy (non-hydrogen) atoms. The van der Waals surface area contributed by atoms with E-state index in [-0.39, 0.29) is 18.8 Å². The van der Waals surface area contributed by atoms with Crippen molar-refractivity contribution in [3.63, 3.8) is 0 Å². The van der Waals surface area contributed by atoms with Gasteiger partial charge in [-0.05, 0) is 42.5 Å². The molecule has 8 heteroatoms. The number of amides is 1. The van der Waals surface area contributed by atoms with Gasteiger partial charge < -0.3 is 9.57 Å². The highest BCUT2D eigenvalue weighted by Crippen LogP contribution is 2.25. The molecule has 3 aromatic rings. The molecule has 2 heterocycles. The fraction of sp³-hybridized carbons (Fsp3) is 0.200. The Morgan fingerprint density at radius 1 is 1.25 bits per heavy atom. The highest BCUT2D eigenvalue weighted by molar-refractivity contribution is 5.75. The number of carbonyl (C=O) groups is 2. The van der Waals surface area contributed by atoms with Crippen LogP contribution in [0.5, 0.6) is 5.75 Å². The first kappa shape index (κ1) is 19.1. The minimum Gasteiger partial charge on any atom is -0.497 e. The summed E-state index contributed by atoms with van der Waals surface area (Å²) >= 11 is 0. The zero-order valence-corrected chi connectivity index (χ0v) is 15.6. The molecule has 0 aliphatic heterocycles. The summed E-state index contributed by atoms with van der Waals surface area (Å²) < 4.78 is 7.02. The van der Waals surface area contributed by atoms with Gasteiger partial charge in [-0.1, -0.05) is 0 Å². The summed E-state index contributed by atoms with van der Waals surface area (Å²) in [6.07, 6.45) is 4.04. The van der Waals surface area contributed by atoms with Gasteiger partial charge in [0, 0.05) is 37.8 Å². The maximum Gasteiger partial charge on any atom is 0.320 e. The molecule has 0 saturated heterocycles. The molecule has 144 valence electrons. The molecule has 0 radical (unpaired) electrons. The lowest BCUT2D eigenvalue weighted by Gasteiger charge is -2.11. The molecule has 1 amide bonds. The van der Waals surface area contributed by atoms with Crippen LogP contribution in [0.4, 0.5) is 0 Å². The third kappa shape index (κ3) is 4.35. The Morgan fingerprint density at radius 3 is 2.68 bits per heavy atom. The van der Waals surface area contributed by atoms with E-state index in [1.54, 1.807) is 19.5 Å². The number of aryl methyl sites for hydroxylation is 1. The number of rotatable bonds is 8. The number of pyridine rings is 1. The first-order valence-corrected chi connectivity index (χ1v) is 8.63. The number of carbonyl (C=O) groups excluding carboxylic acids is 2. The van der Waals surface area contributed by atoms with Gasteiger partial charge in [-0.15, -0.1) is 0 Å². The van der Waals surface area contributed by atoms with Crippen molar-refractivity contribution in [1.82, 2.24) is 19.8 Å². The third-order valence-electron chi connectivity index (χ3n) is 4.18. The predicted octanol–water partition coefficient (Wildman–Crippen LogP) is 2.42. The summed E-state index contributed by atoms with van der Waals surface area (Å²) in [6, 6.07) is 13.3. The molecule has 0 bridgehead atoms. The van der Waals surface area contributed by atoms with Gasteiger partial charge in [0.2, 0.25) is 0 Å². The van der Waals surface area contributed by atoms with E-state index in [1.807, 2.05) is 47.1 Å². The van der Waals surface area contributed by atoms with Crippen molar-refractivity contribution in [2.75, 3.05) is 14.2 Å². The second-order valence-corrected chi connectivity index (χ2v) is 5.97. The van der Waals surface area contributed by atoms with Gasteiger partial charge in [-0.3, -0.25) is 14.6 Å². The number of hydrogen-bond acceptors (Lipinski definition) is 6. The standard InChI is InChI=1S/C20H20N4O4/c1-23(28-14-25)20(26)10-5-16-12-19(15-4-3-11-21-13-15)24(22-16)17-6-8-18(27-2)9-7-17/h3-4,6-9,11-14H,5,10H2,1-2H3. The normalized spacial score (nSPS) is 10.4. The van der Waals surface area contributed by atoms with Crippen molar-refractivity contribution in [3.8, 4) is 22.7 Å². The Morgan fingerprint density at radius 2 is 2.04 bits per heavy atom. The van der Waals surface area contributed by atoms with E-state index in [2.05, 4.69) is 14.9 Å². The van der Waals surface area contributed by atoms with Crippen LogP contribution in [-0.4, -0.2) is 46.4 Å². The SMILES string of the molecule is COc1ccc(-n2nc(CCC(=O)N(C)OC=O)cc2-c2cccnc2)cc1. The Hall–Kier alpha value is -3.68. The highest BCUT2D eigenvalue weighted by Gasteiger charge is 2.15. The molecule has 3 rings (SSSR count). The first-order chi connectivity index (χ1) is 13.6. The van der Waals surface area contributed by atoms with Crippen LogP contribution >= 0.6 is 0 Å². The molecule has 1 aromatic carbocycles. The fourth-order valence-corrected chi connectivity index (χ4v) is 2.71. The van der Waals surface area contributed by atoms with E-state index >= 15 is 0 Å². The molecular weight excluding hydrogens is 360 g/mol. The van der Waals surface area contributed by atoms with Crippen molar-refractivity contribution in [3.05, 3.63) is 60.6 Å². The van der Waals surface area contributed by atoms with Gasteiger partial charge in [-0.2, -0.15) is 10.2 Å². The van der Waals surface area contributed by atoms with Gasteiger partial charge in [0.1, 0.15) is 5.75 Å².